The largest absolute Gasteiger partial charge is 0.492 e. The van der Waals surface area contributed by atoms with Gasteiger partial charge in [0.15, 0.2) is 17.5 Å². The van der Waals surface area contributed by atoms with Crippen LogP contribution in [0.25, 0.3) is 0 Å². The zero-order valence-electron chi connectivity index (χ0n) is 16.7. The van der Waals surface area contributed by atoms with E-state index in [1.807, 2.05) is 36.4 Å². The molecule has 1 aliphatic rings. The summed E-state index contributed by atoms with van der Waals surface area (Å²) in [6, 6.07) is 13.1. The van der Waals surface area contributed by atoms with Gasteiger partial charge in [-0.25, -0.2) is 0 Å². The predicted molar refractivity (Wildman–Crippen MR) is 111 cm³/mol. The summed E-state index contributed by atoms with van der Waals surface area (Å²) in [5.41, 5.74) is 1.74. The van der Waals surface area contributed by atoms with Crippen molar-refractivity contribution < 1.29 is 19.0 Å². The van der Waals surface area contributed by atoms with Crippen LogP contribution >= 0.6 is 0 Å². The first-order chi connectivity index (χ1) is 14.2. The number of hydrogen-bond donors (Lipinski definition) is 3. The summed E-state index contributed by atoms with van der Waals surface area (Å²) in [7, 11) is 3.35. The fourth-order valence-electron chi connectivity index (χ4n) is 2.86. The second-order valence-electron chi connectivity index (χ2n) is 6.32. The number of fused-ring (bicyclic) bond motifs is 1. The number of carbonyl (C=O) groups is 1. The molecule has 0 saturated heterocycles. The van der Waals surface area contributed by atoms with E-state index in [9.17, 15) is 4.79 Å². The van der Waals surface area contributed by atoms with Gasteiger partial charge in [0.05, 0.1) is 6.54 Å². The molecular formula is C21H26N4O4. The Morgan fingerprint density at radius 2 is 1.93 bits per heavy atom. The quantitative estimate of drug-likeness (QED) is 0.355. The number of rotatable bonds is 8. The van der Waals surface area contributed by atoms with Gasteiger partial charge >= 0.3 is 0 Å². The smallest absolute Gasteiger partial charge is 0.251 e. The minimum atomic E-state index is -0.0836. The molecule has 0 saturated carbocycles. The highest BCUT2D eigenvalue weighted by atomic mass is 16.7. The van der Waals surface area contributed by atoms with E-state index in [2.05, 4.69) is 20.9 Å². The van der Waals surface area contributed by atoms with Crippen molar-refractivity contribution in [1.29, 1.82) is 0 Å². The second-order valence-corrected chi connectivity index (χ2v) is 6.32. The highest BCUT2D eigenvalue weighted by Gasteiger charge is 2.13. The molecule has 0 fully saturated rings. The fourth-order valence-corrected chi connectivity index (χ4v) is 2.86. The average molecular weight is 398 g/mol. The number of nitrogens with one attached hydrogen (secondary N) is 3. The van der Waals surface area contributed by atoms with Crippen molar-refractivity contribution in [2.75, 3.05) is 40.6 Å². The molecule has 3 rings (SSSR count). The van der Waals surface area contributed by atoms with Gasteiger partial charge in [0.1, 0.15) is 12.4 Å². The zero-order chi connectivity index (χ0) is 20.5. The number of carbonyl (C=O) groups excluding carboxylic acids is 1. The number of aliphatic imine (C=N–C) groups is 1. The standard InChI is InChI=1S/C21H26N4O4/c1-22-20(26)16-5-3-4-15(12-16)8-9-24-21(23-2)25-10-11-27-17-6-7-18-19(13-17)29-14-28-18/h3-7,12-13H,8-11,14H2,1-2H3,(H,22,26)(H2,23,24,25). The molecule has 0 atom stereocenters. The summed E-state index contributed by atoms with van der Waals surface area (Å²) in [5.74, 6) is 2.78. The Balaban J connectivity index is 1.37. The molecule has 8 nitrogen and oxygen atoms in total. The topological polar surface area (TPSA) is 93.2 Å². The molecule has 2 aromatic carbocycles. The number of nitrogens with zero attached hydrogens (tertiary/aromatic N) is 1. The van der Waals surface area contributed by atoms with Gasteiger partial charge in [0.2, 0.25) is 6.79 Å². The zero-order valence-corrected chi connectivity index (χ0v) is 16.7. The van der Waals surface area contributed by atoms with Crippen LogP contribution in [0.4, 0.5) is 0 Å². The maximum absolute atomic E-state index is 11.7. The lowest BCUT2D eigenvalue weighted by Crippen LogP contribution is -2.40. The lowest BCUT2D eigenvalue weighted by atomic mass is 10.1. The van der Waals surface area contributed by atoms with Gasteiger partial charge in [-0.2, -0.15) is 0 Å². The van der Waals surface area contributed by atoms with E-state index >= 15 is 0 Å². The lowest BCUT2D eigenvalue weighted by Gasteiger charge is -2.13. The van der Waals surface area contributed by atoms with Crippen LogP contribution in [0.2, 0.25) is 0 Å². The van der Waals surface area contributed by atoms with Crippen molar-refractivity contribution in [2.45, 2.75) is 6.42 Å². The minimum absolute atomic E-state index is 0.0836. The van der Waals surface area contributed by atoms with E-state index in [0.29, 0.717) is 37.0 Å². The summed E-state index contributed by atoms with van der Waals surface area (Å²) in [4.78, 5) is 15.9. The van der Waals surface area contributed by atoms with E-state index in [-0.39, 0.29) is 12.7 Å². The summed E-state index contributed by atoms with van der Waals surface area (Å²) >= 11 is 0. The molecule has 0 unspecified atom stereocenters. The van der Waals surface area contributed by atoms with Gasteiger partial charge in [-0.05, 0) is 36.2 Å². The number of ether oxygens (including phenoxy) is 3. The fraction of sp³-hybridized carbons (Fsp3) is 0.333. The first kappa shape index (κ1) is 20.3. The Labute approximate surface area is 170 Å². The highest BCUT2D eigenvalue weighted by Crippen LogP contribution is 2.34. The third-order valence-corrected chi connectivity index (χ3v) is 4.35. The second kappa shape index (κ2) is 10.2. The molecule has 0 aromatic heterocycles. The number of amides is 1. The summed E-state index contributed by atoms with van der Waals surface area (Å²) < 4.78 is 16.4. The Bertz CT molecular complexity index is 870. The Morgan fingerprint density at radius 1 is 1.10 bits per heavy atom. The number of benzene rings is 2. The van der Waals surface area contributed by atoms with Crippen LogP contribution in [0.15, 0.2) is 47.5 Å². The molecule has 1 heterocycles. The van der Waals surface area contributed by atoms with Crippen molar-refractivity contribution >= 4 is 11.9 Å². The van der Waals surface area contributed by atoms with Crippen LogP contribution in [-0.2, 0) is 6.42 Å². The predicted octanol–water partition coefficient (Wildman–Crippen LogP) is 1.56. The summed E-state index contributed by atoms with van der Waals surface area (Å²) in [6.45, 7) is 2.02. The van der Waals surface area contributed by atoms with Gasteiger partial charge in [0, 0.05) is 32.3 Å². The van der Waals surface area contributed by atoms with Crippen molar-refractivity contribution in [3.05, 3.63) is 53.6 Å². The SMILES string of the molecule is CN=C(NCCOc1ccc2c(c1)OCO2)NCCc1cccc(C(=O)NC)c1. The monoisotopic (exact) mass is 398 g/mol. The first-order valence-corrected chi connectivity index (χ1v) is 9.47. The van der Waals surface area contributed by atoms with Crippen LogP contribution in [0.3, 0.4) is 0 Å². The first-order valence-electron chi connectivity index (χ1n) is 9.47. The van der Waals surface area contributed by atoms with E-state index in [0.717, 1.165) is 23.5 Å². The van der Waals surface area contributed by atoms with Gasteiger partial charge in [-0.15, -0.1) is 0 Å². The molecule has 8 heteroatoms. The summed E-state index contributed by atoms with van der Waals surface area (Å²) in [5, 5.41) is 9.11. The molecule has 0 radical (unpaired) electrons. The van der Waals surface area contributed by atoms with E-state index < -0.39 is 0 Å². The molecule has 29 heavy (non-hydrogen) atoms. The third kappa shape index (κ3) is 5.78. The minimum Gasteiger partial charge on any atom is -0.492 e. The Kier molecular flexibility index (Phi) is 7.16. The van der Waals surface area contributed by atoms with Crippen LogP contribution < -0.4 is 30.2 Å². The molecule has 0 spiro atoms. The maximum Gasteiger partial charge on any atom is 0.251 e. The van der Waals surface area contributed by atoms with Gasteiger partial charge < -0.3 is 30.2 Å². The maximum atomic E-state index is 11.7. The van der Waals surface area contributed by atoms with E-state index in [4.69, 9.17) is 14.2 Å². The van der Waals surface area contributed by atoms with Gasteiger partial charge in [-0.3, -0.25) is 9.79 Å². The molecular weight excluding hydrogens is 372 g/mol. The molecule has 3 N–H and O–H groups in total. The van der Waals surface area contributed by atoms with E-state index in [1.54, 1.807) is 20.2 Å². The van der Waals surface area contributed by atoms with Gasteiger partial charge in [0.25, 0.3) is 5.91 Å². The Morgan fingerprint density at radius 3 is 2.76 bits per heavy atom. The number of hydrogen-bond acceptors (Lipinski definition) is 5. The third-order valence-electron chi connectivity index (χ3n) is 4.35. The molecule has 0 bridgehead atoms. The van der Waals surface area contributed by atoms with E-state index in [1.165, 1.54) is 0 Å². The average Bonchev–Trinajstić information content (AvgIpc) is 3.23. The molecule has 1 aliphatic heterocycles. The van der Waals surface area contributed by atoms with Crippen LogP contribution in [0, 0.1) is 0 Å². The molecule has 0 aliphatic carbocycles. The molecule has 2 aromatic rings. The van der Waals surface area contributed by atoms with Crippen LogP contribution in [-0.4, -0.2) is 52.5 Å². The number of guanidine groups is 1. The molecule has 154 valence electrons. The molecule has 1 amide bonds. The van der Waals surface area contributed by atoms with Crippen LogP contribution in [0.1, 0.15) is 15.9 Å². The Hall–Kier alpha value is -3.42. The highest BCUT2D eigenvalue weighted by molar-refractivity contribution is 5.94. The van der Waals surface area contributed by atoms with Crippen molar-refractivity contribution in [2.24, 2.45) is 4.99 Å². The van der Waals surface area contributed by atoms with Crippen molar-refractivity contribution in [3.8, 4) is 17.2 Å². The summed E-state index contributed by atoms with van der Waals surface area (Å²) in [6.07, 6.45) is 0.777. The van der Waals surface area contributed by atoms with Gasteiger partial charge in [-0.1, -0.05) is 12.1 Å². The lowest BCUT2D eigenvalue weighted by molar-refractivity contribution is 0.0963. The van der Waals surface area contributed by atoms with Crippen molar-refractivity contribution in [1.82, 2.24) is 16.0 Å². The van der Waals surface area contributed by atoms with Crippen molar-refractivity contribution in [3.63, 3.8) is 0 Å². The van der Waals surface area contributed by atoms with Crippen LogP contribution in [0.5, 0.6) is 17.2 Å². The normalized spacial score (nSPS) is 12.4.